The van der Waals surface area contributed by atoms with E-state index in [1.54, 1.807) is 0 Å². The van der Waals surface area contributed by atoms with Crippen molar-refractivity contribution >= 4 is 5.78 Å². The first-order valence-corrected chi connectivity index (χ1v) is 2.90. The predicted molar refractivity (Wildman–Crippen MR) is 26.9 cm³/mol. The van der Waals surface area contributed by atoms with Crippen molar-refractivity contribution in [2.45, 2.75) is 18.0 Å². The Balaban J connectivity index is 5.07. The summed E-state index contributed by atoms with van der Waals surface area (Å²) in [6.07, 6.45) is -6.14. The van der Waals surface area contributed by atoms with Gasteiger partial charge in [-0.2, -0.15) is 30.7 Å². The summed E-state index contributed by atoms with van der Waals surface area (Å²) in [5, 5.41) is 0. The fraction of sp³-hybridized carbons (Fsp3) is 0.800. The summed E-state index contributed by atoms with van der Waals surface area (Å²) >= 11 is 0. The summed E-state index contributed by atoms with van der Waals surface area (Å²) in [5.41, 5.74) is 0. The van der Waals surface area contributed by atoms with Crippen LogP contribution < -0.4 is 0 Å². The molecule has 0 saturated heterocycles. The van der Waals surface area contributed by atoms with Crippen LogP contribution in [0.1, 0.15) is 0 Å². The van der Waals surface area contributed by atoms with Gasteiger partial charge in [0.15, 0.2) is 6.67 Å². The highest BCUT2D eigenvalue weighted by atomic mass is 19.4. The van der Waals surface area contributed by atoms with Gasteiger partial charge in [0.25, 0.3) is 0 Å². The fourth-order valence-electron chi connectivity index (χ4n) is 0.428. The van der Waals surface area contributed by atoms with Crippen molar-refractivity contribution < 1.29 is 39.9 Å². The van der Waals surface area contributed by atoms with Crippen LogP contribution in [0, 0.1) is 0 Å². The molecule has 0 aliphatic heterocycles. The number of hydrogen-bond donors (Lipinski definition) is 0. The van der Waals surface area contributed by atoms with Crippen molar-refractivity contribution in [1.29, 1.82) is 0 Å². The molecule has 0 aromatic rings. The minimum Gasteiger partial charge on any atom is -0.282 e. The van der Waals surface area contributed by atoms with Crippen molar-refractivity contribution in [2.75, 3.05) is 6.67 Å². The number of carbonyl (C=O) groups is 1. The molecule has 0 heterocycles. The van der Waals surface area contributed by atoms with Crippen LogP contribution in [0.5, 0.6) is 0 Å². The second-order valence-electron chi connectivity index (χ2n) is 2.24. The monoisotopic (exact) mass is 230 g/mol. The number of rotatable bonds is 3. The van der Waals surface area contributed by atoms with Crippen LogP contribution in [0.3, 0.4) is 0 Å². The molecule has 0 N–H and O–H groups in total. The minimum absolute atomic E-state index is 3.05. The molecule has 0 unspecified atom stereocenters. The van der Waals surface area contributed by atoms with Gasteiger partial charge in [-0.15, -0.1) is 0 Å². The van der Waals surface area contributed by atoms with Gasteiger partial charge in [0, 0.05) is 0 Å². The topological polar surface area (TPSA) is 17.1 Å². The first kappa shape index (κ1) is 13.1. The van der Waals surface area contributed by atoms with Gasteiger partial charge in [-0.3, -0.25) is 4.79 Å². The normalized spacial score (nSPS) is 14.3. The highest BCUT2D eigenvalue weighted by Gasteiger charge is 2.68. The van der Waals surface area contributed by atoms with E-state index in [0.717, 1.165) is 0 Å². The zero-order chi connectivity index (χ0) is 11.8. The molecule has 84 valence electrons. The van der Waals surface area contributed by atoms with E-state index in [4.69, 9.17) is 0 Å². The third-order valence-corrected chi connectivity index (χ3v) is 1.17. The number of ketones is 1. The second-order valence-corrected chi connectivity index (χ2v) is 2.24. The van der Waals surface area contributed by atoms with Crippen LogP contribution in [-0.4, -0.2) is 30.5 Å². The predicted octanol–water partition coefficient (Wildman–Crippen LogP) is 2.36. The van der Waals surface area contributed by atoms with E-state index >= 15 is 0 Å². The van der Waals surface area contributed by atoms with E-state index in [1.165, 1.54) is 0 Å². The second kappa shape index (κ2) is 3.35. The lowest BCUT2D eigenvalue weighted by atomic mass is 10.1. The quantitative estimate of drug-likeness (QED) is 0.680. The molecule has 0 fully saturated rings. The molecule has 0 radical (unpaired) electrons. The van der Waals surface area contributed by atoms with Gasteiger partial charge in [0.05, 0.1) is 0 Å². The zero-order valence-corrected chi connectivity index (χ0v) is 6.14. The lowest BCUT2D eigenvalue weighted by Gasteiger charge is -2.23. The molecule has 0 amide bonds. The van der Waals surface area contributed by atoms with Crippen molar-refractivity contribution in [3.63, 3.8) is 0 Å². The number of halogens is 8. The third-order valence-electron chi connectivity index (χ3n) is 1.17. The van der Waals surface area contributed by atoms with Gasteiger partial charge in [-0.25, -0.2) is 4.39 Å². The Kier molecular flexibility index (Phi) is 3.14. The molecular weight excluding hydrogens is 228 g/mol. The first-order chi connectivity index (χ1) is 5.97. The highest BCUT2D eigenvalue weighted by molar-refractivity contribution is 5.91. The van der Waals surface area contributed by atoms with Crippen LogP contribution in [0.25, 0.3) is 0 Å². The summed E-state index contributed by atoms with van der Waals surface area (Å²) in [5.74, 6) is -15.7. The molecule has 0 spiro atoms. The number of alkyl halides is 8. The standard InChI is InChI=1S/C5H2F8O/c6-1-3(7,8)4(9,10)2(14)5(11,12)13/h1H2. The Morgan fingerprint density at radius 2 is 1.29 bits per heavy atom. The van der Waals surface area contributed by atoms with E-state index in [2.05, 4.69) is 0 Å². The Morgan fingerprint density at radius 3 is 1.50 bits per heavy atom. The van der Waals surface area contributed by atoms with E-state index in [1.807, 2.05) is 0 Å². The lowest BCUT2D eigenvalue weighted by Crippen LogP contribution is -2.53. The summed E-state index contributed by atoms with van der Waals surface area (Å²) in [6.45, 7) is -3.05. The lowest BCUT2D eigenvalue weighted by molar-refractivity contribution is -0.242. The van der Waals surface area contributed by atoms with Crippen LogP contribution in [0.4, 0.5) is 35.1 Å². The average molecular weight is 230 g/mol. The Hall–Kier alpha value is -0.890. The molecule has 1 nitrogen and oxygen atoms in total. The van der Waals surface area contributed by atoms with Gasteiger partial charge in [-0.1, -0.05) is 0 Å². The molecule has 0 aromatic heterocycles. The van der Waals surface area contributed by atoms with Gasteiger partial charge >= 0.3 is 23.8 Å². The zero-order valence-electron chi connectivity index (χ0n) is 6.14. The van der Waals surface area contributed by atoms with Gasteiger partial charge < -0.3 is 0 Å². The smallest absolute Gasteiger partial charge is 0.282 e. The van der Waals surface area contributed by atoms with Crippen molar-refractivity contribution in [1.82, 2.24) is 0 Å². The largest absolute Gasteiger partial charge is 0.456 e. The summed E-state index contributed by atoms with van der Waals surface area (Å²) < 4.78 is 93.0. The minimum atomic E-state index is -6.14. The van der Waals surface area contributed by atoms with Crippen LogP contribution >= 0.6 is 0 Å². The molecule has 0 saturated carbocycles. The highest BCUT2D eigenvalue weighted by Crippen LogP contribution is 2.39. The summed E-state index contributed by atoms with van der Waals surface area (Å²) in [4.78, 5) is 9.77. The molecule has 0 aliphatic rings. The van der Waals surface area contributed by atoms with Crippen molar-refractivity contribution in [3.8, 4) is 0 Å². The number of carbonyl (C=O) groups excluding carboxylic acids is 1. The summed E-state index contributed by atoms with van der Waals surface area (Å²) in [7, 11) is 0. The molecule has 9 heteroatoms. The van der Waals surface area contributed by atoms with E-state index in [0.29, 0.717) is 0 Å². The van der Waals surface area contributed by atoms with Crippen molar-refractivity contribution in [2.24, 2.45) is 0 Å². The number of Topliss-reactive ketones (excluding diaryl/α,β-unsaturated/α-hetero) is 1. The molecule has 0 aromatic carbocycles. The Morgan fingerprint density at radius 1 is 0.929 bits per heavy atom. The Labute approximate surface area is 71.7 Å². The summed E-state index contributed by atoms with van der Waals surface area (Å²) in [6, 6.07) is 0. The van der Waals surface area contributed by atoms with E-state index < -0.39 is 30.5 Å². The van der Waals surface area contributed by atoms with Gasteiger partial charge in [0.1, 0.15) is 0 Å². The van der Waals surface area contributed by atoms with Crippen LogP contribution in [0.2, 0.25) is 0 Å². The maximum Gasteiger partial charge on any atom is 0.456 e. The Bertz CT molecular complexity index is 228. The fourth-order valence-corrected chi connectivity index (χ4v) is 0.428. The molecule has 0 atom stereocenters. The molecule has 0 bridgehead atoms. The van der Waals surface area contributed by atoms with Crippen molar-refractivity contribution in [3.05, 3.63) is 0 Å². The van der Waals surface area contributed by atoms with Gasteiger partial charge in [0.2, 0.25) is 0 Å². The maximum atomic E-state index is 12.0. The first-order valence-electron chi connectivity index (χ1n) is 2.90. The van der Waals surface area contributed by atoms with Crippen LogP contribution in [0.15, 0.2) is 0 Å². The van der Waals surface area contributed by atoms with E-state index in [-0.39, 0.29) is 0 Å². The number of hydrogen-bond acceptors (Lipinski definition) is 1. The maximum absolute atomic E-state index is 12.0. The van der Waals surface area contributed by atoms with Gasteiger partial charge in [-0.05, 0) is 0 Å². The third kappa shape index (κ3) is 2.13. The van der Waals surface area contributed by atoms with Crippen LogP contribution in [-0.2, 0) is 4.79 Å². The molecular formula is C5H2F8O. The molecule has 0 rings (SSSR count). The molecule has 0 aliphatic carbocycles. The SMILES string of the molecule is O=C(C(F)(F)F)C(F)(F)C(F)(F)CF. The van der Waals surface area contributed by atoms with E-state index in [9.17, 15) is 39.9 Å². The molecule has 14 heavy (non-hydrogen) atoms. The average Bonchev–Trinajstić information content (AvgIpc) is 2.01.